The van der Waals surface area contributed by atoms with Gasteiger partial charge in [-0.05, 0) is 30.5 Å². The highest BCUT2D eigenvalue weighted by Gasteiger charge is 2.15. The largest absolute Gasteiger partial charge is 0.377 e. The van der Waals surface area contributed by atoms with Crippen LogP contribution in [0.4, 0.5) is 11.4 Å². The average Bonchev–Trinajstić information content (AvgIpc) is 2.59. The van der Waals surface area contributed by atoms with Gasteiger partial charge in [-0.15, -0.1) is 0 Å². The molecule has 0 saturated heterocycles. The van der Waals surface area contributed by atoms with E-state index in [1.54, 1.807) is 6.07 Å². The molecule has 0 heterocycles. The Morgan fingerprint density at radius 1 is 1.08 bits per heavy atom. The summed E-state index contributed by atoms with van der Waals surface area (Å²) in [6, 6.07) is 5.49. The molecule has 0 atom stereocenters. The van der Waals surface area contributed by atoms with Crippen molar-refractivity contribution in [1.82, 2.24) is 5.32 Å². The lowest BCUT2D eigenvalue weighted by atomic mass is 10.1. The van der Waals surface area contributed by atoms with Crippen LogP contribution in [-0.4, -0.2) is 32.5 Å². The maximum Gasteiger partial charge on any atom is 0.253 e. The predicted molar refractivity (Wildman–Crippen MR) is 110 cm³/mol. The fourth-order valence-corrected chi connectivity index (χ4v) is 2.69. The number of carbonyl (C=O) groups excluding carboxylic acids is 2. The minimum absolute atomic E-state index is 0.00707. The quantitative estimate of drug-likeness (QED) is 0.573. The normalized spacial score (nSPS) is 10.7. The Balaban J connectivity index is 2.73. The fourth-order valence-electron chi connectivity index (χ4n) is 2.69. The summed E-state index contributed by atoms with van der Waals surface area (Å²) in [5.41, 5.74) is 2.09. The maximum atomic E-state index is 12.5. The van der Waals surface area contributed by atoms with Crippen LogP contribution in [0, 0.1) is 5.92 Å². The van der Waals surface area contributed by atoms with Crippen LogP contribution in [0.1, 0.15) is 69.7 Å². The zero-order valence-electron chi connectivity index (χ0n) is 17.0. The Kier molecular flexibility index (Phi) is 9.78. The van der Waals surface area contributed by atoms with Gasteiger partial charge in [0.2, 0.25) is 5.91 Å². The second kappa shape index (κ2) is 11.6. The molecule has 2 N–H and O–H groups in total. The van der Waals surface area contributed by atoms with Crippen LogP contribution < -0.4 is 15.5 Å². The van der Waals surface area contributed by atoms with Crippen molar-refractivity contribution < 1.29 is 9.59 Å². The summed E-state index contributed by atoms with van der Waals surface area (Å²) in [4.78, 5) is 26.6. The first-order valence-corrected chi connectivity index (χ1v) is 9.74. The van der Waals surface area contributed by atoms with Crippen LogP contribution >= 0.6 is 0 Å². The van der Waals surface area contributed by atoms with Gasteiger partial charge in [0.1, 0.15) is 0 Å². The SMILES string of the molecule is CCCCCCCC(=O)Nc1ccc(N(C)C)c(C(=O)NCC(C)C)c1. The van der Waals surface area contributed by atoms with Gasteiger partial charge in [0.25, 0.3) is 5.91 Å². The number of unbranched alkanes of at least 4 members (excludes halogenated alkanes) is 4. The molecule has 0 bridgehead atoms. The molecular formula is C21H35N3O2. The topological polar surface area (TPSA) is 61.4 Å². The third kappa shape index (κ3) is 7.89. The van der Waals surface area contributed by atoms with Gasteiger partial charge in [-0.3, -0.25) is 9.59 Å². The molecule has 0 fully saturated rings. The number of nitrogens with zero attached hydrogens (tertiary/aromatic N) is 1. The van der Waals surface area contributed by atoms with E-state index in [0.29, 0.717) is 30.1 Å². The van der Waals surface area contributed by atoms with Crippen LogP contribution in [0.5, 0.6) is 0 Å². The summed E-state index contributed by atoms with van der Waals surface area (Å²) in [6.45, 7) is 6.92. The summed E-state index contributed by atoms with van der Waals surface area (Å²) in [7, 11) is 3.81. The third-order valence-corrected chi connectivity index (χ3v) is 4.19. The first-order valence-electron chi connectivity index (χ1n) is 9.74. The van der Waals surface area contributed by atoms with Crippen LogP contribution in [-0.2, 0) is 4.79 Å². The molecule has 2 amide bonds. The molecule has 0 aliphatic heterocycles. The lowest BCUT2D eigenvalue weighted by Crippen LogP contribution is -2.29. The molecule has 0 spiro atoms. The van der Waals surface area contributed by atoms with Crippen LogP contribution in [0.2, 0.25) is 0 Å². The van der Waals surface area contributed by atoms with Crippen molar-refractivity contribution in [2.75, 3.05) is 30.9 Å². The summed E-state index contributed by atoms with van der Waals surface area (Å²) >= 11 is 0. The van der Waals surface area contributed by atoms with Gasteiger partial charge < -0.3 is 15.5 Å². The number of amides is 2. The lowest BCUT2D eigenvalue weighted by Gasteiger charge is -2.19. The van der Waals surface area contributed by atoms with Crippen molar-refractivity contribution in [2.45, 2.75) is 59.3 Å². The predicted octanol–water partition coefficient (Wildman–Crippen LogP) is 4.44. The van der Waals surface area contributed by atoms with Crippen molar-refractivity contribution in [3.63, 3.8) is 0 Å². The molecule has 1 aromatic carbocycles. The molecule has 1 aromatic rings. The number of nitrogens with one attached hydrogen (secondary N) is 2. The number of anilines is 2. The molecule has 5 heteroatoms. The molecule has 0 aliphatic carbocycles. The molecule has 0 radical (unpaired) electrons. The first kappa shape index (κ1) is 22.0. The van der Waals surface area contributed by atoms with E-state index < -0.39 is 0 Å². The lowest BCUT2D eigenvalue weighted by molar-refractivity contribution is -0.116. The summed E-state index contributed by atoms with van der Waals surface area (Å²) in [5.74, 6) is 0.281. The second-order valence-electron chi connectivity index (χ2n) is 7.44. The van der Waals surface area contributed by atoms with E-state index in [-0.39, 0.29) is 11.8 Å². The highest BCUT2D eigenvalue weighted by Crippen LogP contribution is 2.23. The Hall–Kier alpha value is -2.04. The minimum Gasteiger partial charge on any atom is -0.377 e. The maximum absolute atomic E-state index is 12.5. The smallest absolute Gasteiger partial charge is 0.253 e. The molecule has 26 heavy (non-hydrogen) atoms. The molecule has 1 rings (SSSR count). The van der Waals surface area contributed by atoms with E-state index in [0.717, 1.165) is 18.5 Å². The van der Waals surface area contributed by atoms with E-state index in [1.807, 2.05) is 31.1 Å². The third-order valence-electron chi connectivity index (χ3n) is 4.19. The van der Waals surface area contributed by atoms with Gasteiger partial charge in [0.15, 0.2) is 0 Å². The molecule has 5 nitrogen and oxygen atoms in total. The highest BCUT2D eigenvalue weighted by molar-refractivity contribution is 6.02. The second-order valence-corrected chi connectivity index (χ2v) is 7.44. The Morgan fingerprint density at radius 3 is 2.38 bits per heavy atom. The molecule has 0 unspecified atom stereocenters. The van der Waals surface area contributed by atoms with Crippen LogP contribution in [0.15, 0.2) is 18.2 Å². The number of hydrogen-bond donors (Lipinski definition) is 2. The Labute approximate surface area is 158 Å². The van der Waals surface area contributed by atoms with Gasteiger partial charge >= 0.3 is 0 Å². The van der Waals surface area contributed by atoms with E-state index >= 15 is 0 Å². The van der Waals surface area contributed by atoms with Crippen molar-refractivity contribution in [2.24, 2.45) is 5.92 Å². The van der Waals surface area contributed by atoms with Crippen molar-refractivity contribution >= 4 is 23.2 Å². The minimum atomic E-state index is -0.113. The first-order chi connectivity index (χ1) is 12.3. The molecule has 0 saturated carbocycles. The van der Waals surface area contributed by atoms with E-state index in [1.165, 1.54) is 19.3 Å². The fraction of sp³-hybridized carbons (Fsp3) is 0.619. The van der Waals surface area contributed by atoms with Crippen molar-refractivity contribution in [1.29, 1.82) is 0 Å². The zero-order valence-corrected chi connectivity index (χ0v) is 17.0. The summed E-state index contributed by atoms with van der Waals surface area (Å²) in [5, 5.41) is 5.87. The van der Waals surface area contributed by atoms with E-state index in [2.05, 4.69) is 31.4 Å². The molecule has 146 valence electrons. The number of hydrogen-bond acceptors (Lipinski definition) is 3. The highest BCUT2D eigenvalue weighted by atomic mass is 16.2. The standard InChI is InChI=1S/C21H35N3O2/c1-6-7-8-9-10-11-20(25)23-17-12-13-19(24(4)5)18(14-17)21(26)22-15-16(2)3/h12-14,16H,6-11,15H2,1-5H3,(H,22,26)(H,23,25). The van der Waals surface area contributed by atoms with Gasteiger partial charge in [0.05, 0.1) is 5.56 Å². The van der Waals surface area contributed by atoms with Gasteiger partial charge in [-0.2, -0.15) is 0 Å². The summed E-state index contributed by atoms with van der Waals surface area (Å²) < 4.78 is 0. The van der Waals surface area contributed by atoms with E-state index in [9.17, 15) is 9.59 Å². The van der Waals surface area contributed by atoms with Crippen LogP contribution in [0.25, 0.3) is 0 Å². The molecule has 0 aromatic heterocycles. The number of carbonyl (C=O) groups is 2. The van der Waals surface area contributed by atoms with Crippen LogP contribution in [0.3, 0.4) is 0 Å². The number of rotatable bonds is 11. The average molecular weight is 362 g/mol. The Bertz CT molecular complexity index is 583. The molecular weight excluding hydrogens is 326 g/mol. The van der Waals surface area contributed by atoms with Crippen molar-refractivity contribution in [3.8, 4) is 0 Å². The number of benzene rings is 1. The van der Waals surface area contributed by atoms with Gasteiger partial charge in [-0.1, -0.05) is 46.5 Å². The zero-order chi connectivity index (χ0) is 19.5. The van der Waals surface area contributed by atoms with Crippen molar-refractivity contribution in [3.05, 3.63) is 23.8 Å². The monoisotopic (exact) mass is 361 g/mol. The van der Waals surface area contributed by atoms with E-state index in [4.69, 9.17) is 0 Å². The van der Waals surface area contributed by atoms with Gasteiger partial charge in [-0.25, -0.2) is 0 Å². The summed E-state index contributed by atoms with van der Waals surface area (Å²) in [6.07, 6.45) is 6.12. The molecule has 0 aliphatic rings. The Morgan fingerprint density at radius 2 is 1.77 bits per heavy atom. The van der Waals surface area contributed by atoms with Gasteiger partial charge in [0, 0.05) is 38.4 Å².